The van der Waals surface area contributed by atoms with Crippen LogP contribution in [0.15, 0.2) is 28.7 Å². The first-order valence-electron chi connectivity index (χ1n) is 6.64. The molecule has 94 valence electrons. The summed E-state index contributed by atoms with van der Waals surface area (Å²) < 4.78 is 1.26. The predicted molar refractivity (Wildman–Crippen MR) is 77.3 cm³/mol. The first kappa shape index (κ1) is 13.1. The van der Waals surface area contributed by atoms with Crippen LogP contribution in [0.3, 0.4) is 0 Å². The van der Waals surface area contributed by atoms with Gasteiger partial charge in [-0.15, -0.1) is 0 Å². The summed E-state index contributed by atoms with van der Waals surface area (Å²) in [6, 6.07) is 8.66. The van der Waals surface area contributed by atoms with Gasteiger partial charge in [0.05, 0.1) is 0 Å². The van der Waals surface area contributed by atoms with Gasteiger partial charge < -0.3 is 5.32 Å². The Labute approximate surface area is 113 Å². The van der Waals surface area contributed by atoms with Gasteiger partial charge in [0.1, 0.15) is 0 Å². The van der Waals surface area contributed by atoms with Crippen molar-refractivity contribution in [3.05, 3.63) is 34.3 Å². The van der Waals surface area contributed by atoms with Gasteiger partial charge in [-0.2, -0.15) is 0 Å². The summed E-state index contributed by atoms with van der Waals surface area (Å²) in [5.74, 6) is 0. The third kappa shape index (κ3) is 3.32. The van der Waals surface area contributed by atoms with Gasteiger partial charge in [0.25, 0.3) is 0 Å². The van der Waals surface area contributed by atoms with Crippen molar-refractivity contribution in [2.24, 2.45) is 5.41 Å². The lowest BCUT2D eigenvalue weighted by molar-refractivity contribution is 0.184. The molecule has 1 nitrogen and oxygen atoms in total. The number of hydrogen-bond acceptors (Lipinski definition) is 1. The van der Waals surface area contributed by atoms with Crippen molar-refractivity contribution in [1.82, 2.24) is 5.32 Å². The molecule has 2 rings (SSSR count). The molecule has 0 aliphatic heterocycles. The van der Waals surface area contributed by atoms with Crippen LogP contribution in [0, 0.1) is 5.41 Å². The van der Waals surface area contributed by atoms with E-state index < -0.39 is 0 Å². The third-order valence-electron chi connectivity index (χ3n) is 3.99. The van der Waals surface area contributed by atoms with Crippen LogP contribution in [0.5, 0.6) is 0 Å². The van der Waals surface area contributed by atoms with Crippen LogP contribution in [-0.2, 0) is 6.42 Å². The lowest BCUT2D eigenvalue weighted by Crippen LogP contribution is -2.36. The molecule has 0 heterocycles. The van der Waals surface area contributed by atoms with Crippen molar-refractivity contribution >= 4 is 15.9 Å². The fourth-order valence-electron chi connectivity index (χ4n) is 3.14. The molecule has 2 heteroatoms. The van der Waals surface area contributed by atoms with Crippen LogP contribution in [-0.4, -0.2) is 13.6 Å². The zero-order chi connectivity index (χ0) is 12.1. The van der Waals surface area contributed by atoms with Gasteiger partial charge in [0.15, 0.2) is 0 Å². The molecule has 1 aliphatic rings. The van der Waals surface area contributed by atoms with Gasteiger partial charge in [0, 0.05) is 11.0 Å². The highest BCUT2D eigenvalue weighted by molar-refractivity contribution is 9.10. The number of nitrogens with one attached hydrogen (secondary N) is 1. The first-order valence-corrected chi connectivity index (χ1v) is 7.43. The van der Waals surface area contributed by atoms with Crippen LogP contribution in [0.1, 0.15) is 37.7 Å². The second-order valence-electron chi connectivity index (χ2n) is 5.36. The maximum Gasteiger partial charge on any atom is 0.0207 e. The van der Waals surface area contributed by atoms with E-state index in [9.17, 15) is 0 Å². The minimum Gasteiger partial charge on any atom is -0.319 e. The monoisotopic (exact) mass is 295 g/mol. The summed E-state index contributed by atoms with van der Waals surface area (Å²) in [4.78, 5) is 0. The molecule has 0 unspecified atom stereocenters. The second-order valence-corrected chi connectivity index (χ2v) is 6.21. The minimum absolute atomic E-state index is 0.483. The quantitative estimate of drug-likeness (QED) is 0.879. The Hall–Kier alpha value is -0.340. The van der Waals surface area contributed by atoms with Crippen LogP contribution < -0.4 is 5.32 Å². The number of benzene rings is 1. The van der Waals surface area contributed by atoms with Gasteiger partial charge >= 0.3 is 0 Å². The molecule has 0 bridgehead atoms. The lowest BCUT2D eigenvalue weighted by Gasteiger charge is -2.37. The normalized spacial score (nSPS) is 19.2. The molecular weight excluding hydrogens is 274 g/mol. The molecule has 17 heavy (non-hydrogen) atoms. The summed E-state index contributed by atoms with van der Waals surface area (Å²) in [6.07, 6.45) is 8.15. The van der Waals surface area contributed by atoms with E-state index in [2.05, 4.69) is 52.6 Å². The standard InChI is InChI=1S/C15H22BrN/c1-17-12-15(9-5-2-6-10-15)11-13-7-3-4-8-14(13)16/h3-4,7-8,17H,2,5-6,9-12H2,1H3. The molecule has 0 aromatic heterocycles. The molecule has 1 aromatic rings. The highest BCUT2D eigenvalue weighted by atomic mass is 79.9. The summed E-state index contributed by atoms with van der Waals surface area (Å²) in [5, 5.41) is 3.40. The van der Waals surface area contributed by atoms with Gasteiger partial charge in [-0.25, -0.2) is 0 Å². The fourth-order valence-corrected chi connectivity index (χ4v) is 3.56. The Kier molecular flexibility index (Phi) is 4.63. The number of hydrogen-bond donors (Lipinski definition) is 1. The molecular formula is C15H22BrN. The predicted octanol–water partition coefficient (Wildman–Crippen LogP) is 4.16. The zero-order valence-corrected chi connectivity index (χ0v) is 12.2. The molecule has 0 atom stereocenters. The molecule has 1 aromatic carbocycles. The maximum absolute atomic E-state index is 3.68. The zero-order valence-electron chi connectivity index (χ0n) is 10.6. The van der Waals surface area contributed by atoms with Gasteiger partial charge in [0.2, 0.25) is 0 Å². The fraction of sp³-hybridized carbons (Fsp3) is 0.600. The molecule has 1 fully saturated rings. The van der Waals surface area contributed by atoms with Gasteiger partial charge in [-0.3, -0.25) is 0 Å². The Bertz CT molecular complexity index is 350. The minimum atomic E-state index is 0.483. The largest absolute Gasteiger partial charge is 0.319 e. The summed E-state index contributed by atoms with van der Waals surface area (Å²) in [7, 11) is 2.08. The van der Waals surface area contributed by atoms with Crippen LogP contribution in [0.25, 0.3) is 0 Å². The molecule has 1 N–H and O–H groups in total. The topological polar surface area (TPSA) is 12.0 Å². The highest BCUT2D eigenvalue weighted by Gasteiger charge is 2.31. The van der Waals surface area contributed by atoms with Crippen LogP contribution >= 0.6 is 15.9 Å². The average molecular weight is 296 g/mol. The Morgan fingerprint density at radius 1 is 1.18 bits per heavy atom. The second kappa shape index (κ2) is 6.01. The van der Waals surface area contributed by atoms with E-state index in [-0.39, 0.29) is 0 Å². The highest BCUT2D eigenvalue weighted by Crippen LogP contribution is 2.39. The van der Waals surface area contributed by atoms with E-state index >= 15 is 0 Å². The Morgan fingerprint density at radius 3 is 2.53 bits per heavy atom. The first-order chi connectivity index (χ1) is 8.26. The lowest BCUT2D eigenvalue weighted by atomic mass is 9.70. The molecule has 1 saturated carbocycles. The van der Waals surface area contributed by atoms with Gasteiger partial charge in [-0.1, -0.05) is 53.4 Å². The molecule has 0 radical (unpaired) electrons. The van der Waals surface area contributed by atoms with Crippen molar-refractivity contribution < 1.29 is 0 Å². The summed E-state index contributed by atoms with van der Waals surface area (Å²) in [5.41, 5.74) is 1.95. The molecule has 0 saturated heterocycles. The molecule has 0 amide bonds. The van der Waals surface area contributed by atoms with E-state index in [1.54, 1.807) is 0 Å². The summed E-state index contributed by atoms with van der Waals surface area (Å²) in [6.45, 7) is 1.15. The third-order valence-corrected chi connectivity index (χ3v) is 4.76. The Morgan fingerprint density at radius 2 is 1.88 bits per heavy atom. The van der Waals surface area contributed by atoms with Crippen molar-refractivity contribution in [2.45, 2.75) is 38.5 Å². The smallest absolute Gasteiger partial charge is 0.0207 e. The van der Waals surface area contributed by atoms with Crippen molar-refractivity contribution in [3.8, 4) is 0 Å². The van der Waals surface area contributed by atoms with Crippen LogP contribution in [0.2, 0.25) is 0 Å². The van der Waals surface area contributed by atoms with E-state index in [4.69, 9.17) is 0 Å². The van der Waals surface area contributed by atoms with E-state index in [0.29, 0.717) is 5.41 Å². The van der Waals surface area contributed by atoms with E-state index in [1.807, 2.05) is 0 Å². The van der Waals surface area contributed by atoms with E-state index in [1.165, 1.54) is 48.6 Å². The molecule has 0 spiro atoms. The average Bonchev–Trinajstić information content (AvgIpc) is 2.34. The Balaban J connectivity index is 2.14. The summed E-state index contributed by atoms with van der Waals surface area (Å²) >= 11 is 3.68. The number of rotatable bonds is 4. The van der Waals surface area contributed by atoms with Gasteiger partial charge in [-0.05, 0) is 43.4 Å². The van der Waals surface area contributed by atoms with Crippen LogP contribution in [0.4, 0.5) is 0 Å². The number of halogens is 1. The maximum atomic E-state index is 3.68. The van der Waals surface area contributed by atoms with E-state index in [0.717, 1.165) is 6.54 Å². The molecule has 1 aliphatic carbocycles. The SMILES string of the molecule is CNCC1(Cc2ccccc2Br)CCCCC1. The van der Waals surface area contributed by atoms with Crippen molar-refractivity contribution in [2.75, 3.05) is 13.6 Å². The van der Waals surface area contributed by atoms with Crippen molar-refractivity contribution in [3.63, 3.8) is 0 Å². The van der Waals surface area contributed by atoms with Crippen molar-refractivity contribution in [1.29, 1.82) is 0 Å².